The second kappa shape index (κ2) is 3.95. The van der Waals surface area contributed by atoms with Gasteiger partial charge >= 0.3 is 0 Å². The van der Waals surface area contributed by atoms with Crippen LogP contribution in [0.25, 0.3) is 0 Å². The Labute approximate surface area is 90.4 Å². The van der Waals surface area contributed by atoms with Gasteiger partial charge in [-0.2, -0.15) is 8.78 Å². The molecule has 0 bridgehead atoms. The number of benzene rings is 1. The fourth-order valence-corrected chi connectivity index (χ4v) is 1.67. The van der Waals surface area contributed by atoms with Gasteiger partial charge in [-0.05, 0) is 25.0 Å². The van der Waals surface area contributed by atoms with Crippen LogP contribution < -0.4 is 5.73 Å². The van der Waals surface area contributed by atoms with E-state index in [1.54, 1.807) is 13.0 Å². The number of hydrogen-bond donors (Lipinski definition) is 1. The molecule has 0 saturated carbocycles. The van der Waals surface area contributed by atoms with E-state index in [1.165, 1.54) is 6.07 Å². The summed E-state index contributed by atoms with van der Waals surface area (Å²) in [7, 11) is 0. The maximum atomic E-state index is 13.3. The van der Waals surface area contributed by atoms with E-state index in [0.717, 1.165) is 10.0 Å². The smallest absolute Gasteiger partial charge is 0.285 e. The van der Waals surface area contributed by atoms with E-state index in [-0.39, 0.29) is 5.56 Å². The van der Waals surface area contributed by atoms with Crippen LogP contribution in [0.2, 0.25) is 0 Å². The van der Waals surface area contributed by atoms with Crippen molar-refractivity contribution in [2.24, 2.45) is 5.73 Å². The van der Waals surface area contributed by atoms with Gasteiger partial charge in [-0.25, -0.2) is 0 Å². The van der Waals surface area contributed by atoms with E-state index in [1.807, 2.05) is 6.92 Å². The average molecular weight is 264 g/mol. The van der Waals surface area contributed by atoms with Crippen LogP contribution in [-0.4, -0.2) is 6.54 Å². The Morgan fingerprint density at radius 1 is 1.36 bits per heavy atom. The molecule has 78 valence electrons. The van der Waals surface area contributed by atoms with Crippen molar-refractivity contribution in [2.75, 3.05) is 6.54 Å². The molecule has 0 aliphatic heterocycles. The molecule has 0 aliphatic rings. The largest absolute Gasteiger partial charge is 0.325 e. The Balaban J connectivity index is 3.31. The minimum Gasteiger partial charge on any atom is -0.325 e. The summed E-state index contributed by atoms with van der Waals surface area (Å²) in [6.07, 6.45) is 0. The molecule has 1 aromatic rings. The SMILES string of the molecule is Cc1ccc(C(F)(F)CN)c(C)c1Br. The normalized spacial score (nSPS) is 11.9. The fourth-order valence-electron chi connectivity index (χ4n) is 1.33. The highest BCUT2D eigenvalue weighted by Crippen LogP contribution is 2.34. The van der Waals surface area contributed by atoms with Crippen molar-refractivity contribution in [3.63, 3.8) is 0 Å². The molecule has 14 heavy (non-hydrogen) atoms. The van der Waals surface area contributed by atoms with Gasteiger partial charge in [-0.3, -0.25) is 0 Å². The Kier molecular flexibility index (Phi) is 3.27. The zero-order chi connectivity index (χ0) is 10.9. The zero-order valence-corrected chi connectivity index (χ0v) is 9.66. The third-order valence-electron chi connectivity index (χ3n) is 2.23. The molecule has 2 N–H and O–H groups in total. The number of halogens is 3. The quantitative estimate of drug-likeness (QED) is 0.872. The third kappa shape index (κ3) is 1.96. The molecule has 0 unspecified atom stereocenters. The zero-order valence-electron chi connectivity index (χ0n) is 8.07. The first-order chi connectivity index (χ1) is 6.40. The van der Waals surface area contributed by atoms with Crippen LogP contribution in [0.4, 0.5) is 8.78 Å². The molecule has 0 aromatic heterocycles. The van der Waals surface area contributed by atoms with Gasteiger partial charge in [0.2, 0.25) is 0 Å². The molecule has 0 saturated heterocycles. The summed E-state index contributed by atoms with van der Waals surface area (Å²) in [5.74, 6) is -2.94. The molecule has 0 heterocycles. The summed E-state index contributed by atoms with van der Waals surface area (Å²) in [6, 6.07) is 3.10. The number of nitrogens with two attached hydrogens (primary N) is 1. The van der Waals surface area contributed by atoms with E-state index in [2.05, 4.69) is 15.9 Å². The highest BCUT2D eigenvalue weighted by atomic mass is 79.9. The first kappa shape index (κ1) is 11.6. The monoisotopic (exact) mass is 263 g/mol. The van der Waals surface area contributed by atoms with E-state index in [9.17, 15) is 8.78 Å². The second-order valence-electron chi connectivity index (χ2n) is 3.28. The molecule has 1 aromatic carbocycles. The van der Waals surface area contributed by atoms with Gasteiger partial charge < -0.3 is 5.73 Å². The lowest BCUT2D eigenvalue weighted by Crippen LogP contribution is -2.26. The maximum absolute atomic E-state index is 13.3. The Morgan fingerprint density at radius 3 is 2.43 bits per heavy atom. The van der Waals surface area contributed by atoms with Gasteiger partial charge in [0.05, 0.1) is 6.54 Å². The van der Waals surface area contributed by atoms with Crippen molar-refractivity contribution in [3.05, 3.63) is 33.3 Å². The molecule has 0 radical (unpaired) electrons. The van der Waals surface area contributed by atoms with Crippen molar-refractivity contribution in [1.29, 1.82) is 0 Å². The van der Waals surface area contributed by atoms with Gasteiger partial charge in [0.15, 0.2) is 0 Å². The van der Waals surface area contributed by atoms with Crippen molar-refractivity contribution in [1.82, 2.24) is 0 Å². The Hall–Kier alpha value is -0.480. The van der Waals surface area contributed by atoms with Crippen molar-refractivity contribution >= 4 is 15.9 Å². The lowest BCUT2D eigenvalue weighted by molar-refractivity contribution is 0.00525. The number of alkyl halides is 2. The van der Waals surface area contributed by atoms with Crippen molar-refractivity contribution in [3.8, 4) is 0 Å². The van der Waals surface area contributed by atoms with Gasteiger partial charge in [0, 0.05) is 10.0 Å². The third-order valence-corrected chi connectivity index (χ3v) is 3.45. The summed E-state index contributed by atoms with van der Waals surface area (Å²) in [6.45, 7) is 2.86. The first-order valence-corrected chi connectivity index (χ1v) is 5.03. The second-order valence-corrected chi connectivity index (χ2v) is 4.07. The van der Waals surface area contributed by atoms with Crippen LogP contribution >= 0.6 is 15.9 Å². The molecule has 0 aliphatic carbocycles. The summed E-state index contributed by atoms with van der Waals surface area (Å²) in [5.41, 5.74) is 6.53. The van der Waals surface area contributed by atoms with Gasteiger partial charge in [-0.1, -0.05) is 28.1 Å². The molecule has 0 spiro atoms. The fraction of sp³-hybridized carbons (Fsp3) is 0.400. The van der Waals surface area contributed by atoms with Crippen LogP contribution in [-0.2, 0) is 5.92 Å². The van der Waals surface area contributed by atoms with Crippen molar-refractivity contribution < 1.29 is 8.78 Å². The predicted molar refractivity (Wildman–Crippen MR) is 56.6 cm³/mol. The van der Waals surface area contributed by atoms with Gasteiger partial charge in [0.25, 0.3) is 5.92 Å². The molecule has 1 rings (SSSR count). The first-order valence-electron chi connectivity index (χ1n) is 4.24. The molecule has 4 heteroatoms. The van der Waals surface area contributed by atoms with Crippen LogP contribution in [0.3, 0.4) is 0 Å². The minimum atomic E-state index is -2.94. The Bertz CT molecular complexity index is 350. The van der Waals surface area contributed by atoms with Crippen LogP contribution in [0.5, 0.6) is 0 Å². The molecule has 0 amide bonds. The topological polar surface area (TPSA) is 26.0 Å². The van der Waals surface area contributed by atoms with Gasteiger partial charge in [0.1, 0.15) is 0 Å². The lowest BCUT2D eigenvalue weighted by atomic mass is 10.0. The molecular weight excluding hydrogens is 252 g/mol. The molecular formula is C10H12BrF2N. The van der Waals surface area contributed by atoms with Crippen LogP contribution in [0.1, 0.15) is 16.7 Å². The number of hydrogen-bond acceptors (Lipinski definition) is 1. The summed E-state index contributed by atoms with van der Waals surface area (Å²) < 4.78 is 27.3. The van der Waals surface area contributed by atoms with Crippen LogP contribution in [0, 0.1) is 13.8 Å². The Morgan fingerprint density at radius 2 is 1.93 bits per heavy atom. The van der Waals surface area contributed by atoms with Crippen molar-refractivity contribution in [2.45, 2.75) is 19.8 Å². The maximum Gasteiger partial charge on any atom is 0.285 e. The lowest BCUT2D eigenvalue weighted by Gasteiger charge is -2.18. The standard InChI is InChI=1S/C10H12BrF2N/c1-6-3-4-8(7(2)9(6)11)10(12,13)5-14/h3-4H,5,14H2,1-2H3. The molecule has 0 atom stereocenters. The molecule has 1 nitrogen and oxygen atoms in total. The highest BCUT2D eigenvalue weighted by Gasteiger charge is 2.31. The predicted octanol–water partition coefficient (Wildman–Crippen LogP) is 3.12. The highest BCUT2D eigenvalue weighted by molar-refractivity contribution is 9.10. The summed E-state index contributed by atoms with van der Waals surface area (Å²) in [4.78, 5) is 0. The number of aryl methyl sites for hydroxylation is 1. The summed E-state index contributed by atoms with van der Waals surface area (Å²) in [5, 5.41) is 0. The average Bonchev–Trinajstić information content (AvgIpc) is 2.14. The van der Waals surface area contributed by atoms with Gasteiger partial charge in [-0.15, -0.1) is 0 Å². The summed E-state index contributed by atoms with van der Waals surface area (Å²) >= 11 is 3.28. The van der Waals surface area contributed by atoms with E-state index >= 15 is 0 Å². The number of rotatable bonds is 2. The van der Waals surface area contributed by atoms with Crippen LogP contribution in [0.15, 0.2) is 16.6 Å². The van der Waals surface area contributed by atoms with E-state index in [4.69, 9.17) is 5.73 Å². The van der Waals surface area contributed by atoms with E-state index in [0.29, 0.717) is 5.56 Å². The minimum absolute atomic E-state index is 0.00234. The molecule has 0 fully saturated rings. The van der Waals surface area contributed by atoms with E-state index < -0.39 is 12.5 Å².